The summed E-state index contributed by atoms with van der Waals surface area (Å²) in [7, 11) is 0. The second-order valence-electron chi connectivity index (χ2n) is 5.55. The molecule has 1 aromatic carbocycles. The van der Waals surface area contributed by atoms with Crippen LogP contribution in [0.25, 0.3) is 0 Å². The van der Waals surface area contributed by atoms with E-state index in [1.807, 2.05) is 17.6 Å². The molecule has 0 radical (unpaired) electrons. The van der Waals surface area contributed by atoms with E-state index in [-0.39, 0.29) is 5.82 Å². The third-order valence-electron chi connectivity index (χ3n) is 3.95. The van der Waals surface area contributed by atoms with Crippen molar-refractivity contribution in [1.29, 1.82) is 0 Å². The fourth-order valence-corrected chi connectivity index (χ4v) is 3.20. The molecule has 0 saturated carbocycles. The molecule has 1 aliphatic rings. The minimum Gasteiger partial charge on any atom is -0.370 e. The number of nitrogens with zero attached hydrogens (tertiary/aromatic N) is 4. The van der Waals surface area contributed by atoms with Crippen LogP contribution in [0.15, 0.2) is 34.8 Å². The van der Waals surface area contributed by atoms with E-state index < -0.39 is 0 Å². The monoisotopic (exact) mass is 333 g/mol. The van der Waals surface area contributed by atoms with Crippen LogP contribution in [0.3, 0.4) is 0 Å². The van der Waals surface area contributed by atoms with Gasteiger partial charge in [-0.1, -0.05) is 12.1 Å². The number of halogens is 1. The predicted molar refractivity (Wildman–Crippen MR) is 92.4 cm³/mol. The highest BCUT2D eigenvalue weighted by atomic mass is 32.1. The maximum absolute atomic E-state index is 13.5. The second kappa shape index (κ2) is 6.95. The van der Waals surface area contributed by atoms with Crippen LogP contribution in [0.5, 0.6) is 0 Å². The molecule has 2 N–H and O–H groups in total. The fourth-order valence-electron chi connectivity index (χ4n) is 2.51. The molecular weight excluding hydrogens is 313 g/mol. The summed E-state index contributed by atoms with van der Waals surface area (Å²) >= 11 is 1.65. The molecule has 1 aliphatic heterocycles. The fraction of sp³-hybridized carbons (Fsp3) is 0.375. The molecule has 1 fully saturated rings. The van der Waals surface area contributed by atoms with E-state index in [0.29, 0.717) is 18.1 Å². The number of guanidine groups is 1. The lowest BCUT2D eigenvalue weighted by atomic mass is 10.1. The Morgan fingerprint density at radius 2 is 2.13 bits per heavy atom. The number of thiazole rings is 1. The van der Waals surface area contributed by atoms with Gasteiger partial charge in [-0.15, -0.1) is 11.3 Å². The Labute approximate surface area is 139 Å². The van der Waals surface area contributed by atoms with E-state index in [0.717, 1.165) is 36.9 Å². The van der Waals surface area contributed by atoms with Crippen molar-refractivity contribution >= 4 is 22.4 Å². The number of benzene rings is 1. The standard InChI is InChI=1S/C16H20FN5S/c1-12-2-3-13(10-14(12)17)11-20-15(18)21-5-7-22(8-6-21)16-19-4-9-23-16/h2-4,9-10H,5-8,11H2,1H3,(H2,18,20). The van der Waals surface area contributed by atoms with Crippen LogP contribution >= 0.6 is 11.3 Å². The van der Waals surface area contributed by atoms with Crippen LogP contribution in [0, 0.1) is 12.7 Å². The van der Waals surface area contributed by atoms with Crippen molar-refractivity contribution < 1.29 is 4.39 Å². The van der Waals surface area contributed by atoms with Gasteiger partial charge in [-0.3, -0.25) is 0 Å². The molecule has 2 heterocycles. The molecule has 7 heteroatoms. The van der Waals surface area contributed by atoms with E-state index in [1.54, 1.807) is 24.3 Å². The maximum Gasteiger partial charge on any atom is 0.191 e. The Morgan fingerprint density at radius 1 is 1.35 bits per heavy atom. The van der Waals surface area contributed by atoms with E-state index in [9.17, 15) is 4.39 Å². The number of aliphatic imine (C=N–C) groups is 1. The highest BCUT2D eigenvalue weighted by Gasteiger charge is 2.19. The molecule has 0 spiro atoms. The zero-order valence-electron chi connectivity index (χ0n) is 13.1. The smallest absolute Gasteiger partial charge is 0.191 e. The van der Waals surface area contributed by atoms with Crippen molar-refractivity contribution in [2.75, 3.05) is 31.1 Å². The first-order valence-electron chi connectivity index (χ1n) is 7.58. The molecule has 0 bridgehead atoms. The molecule has 1 aromatic heterocycles. The maximum atomic E-state index is 13.5. The minimum atomic E-state index is -0.201. The van der Waals surface area contributed by atoms with Crippen LogP contribution in [-0.4, -0.2) is 42.0 Å². The van der Waals surface area contributed by atoms with Crippen molar-refractivity contribution in [3.63, 3.8) is 0 Å². The Morgan fingerprint density at radius 3 is 2.78 bits per heavy atom. The van der Waals surface area contributed by atoms with Gasteiger partial charge in [0.05, 0.1) is 6.54 Å². The number of aryl methyl sites for hydroxylation is 1. The van der Waals surface area contributed by atoms with Crippen LogP contribution in [-0.2, 0) is 6.54 Å². The van der Waals surface area contributed by atoms with Gasteiger partial charge in [0, 0.05) is 37.8 Å². The first kappa shape index (κ1) is 15.7. The van der Waals surface area contributed by atoms with Crippen LogP contribution in [0.4, 0.5) is 9.52 Å². The summed E-state index contributed by atoms with van der Waals surface area (Å²) in [5.41, 5.74) is 7.55. The van der Waals surface area contributed by atoms with E-state index >= 15 is 0 Å². The van der Waals surface area contributed by atoms with Gasteiger partial charge in [-0.2, -0.15) is 0 Å². The third-order valence-corrected chi connectivity index (χ3v) is 4.79. The van der Waals surface area contributed by atoms with Gasteiger partial charge in [-0.05, 0) is 24.1 Å². The molecule has 2 aromatic rings. The zero-order valence-corrected chi connectivity index (χ0v) is 13.9. The largest absolute Gasteiger partial charge is 0.370 e. The number of anilines is 1. The van der Waals surface area contributed by atoms with Crippen LogP contribution < -0.4 is 10.6 Å². The van der Waals surface area contributed by atoms with Crippen LogP contribution in [0.2, 0.25) is 0 Å². The van der Waals surface area contributed by atoms with Crippen molar-refractivity contribution in [2.24, 2.45) is 10.7 Å². The quantitative estimate of drug-likeness (QED) is 0.691. The average molecular weight is 333 g/mol. The second-order valence-corrected chi connectivity index (χ2v) is 6.42. The topological polar surface area (TPSA) is 57.8 Å². The molecule has 23 heavy (non-hydrogen) atoms. The molecule has 0 atom stereocenters. The Bertz CT molecular complexity index is 678. The highest BCUT2D eigenvalue weighted by Crippen LogP contribution is 2.18. The molecule has 5 nitrogen and oxygen atoms in total. The highest BCUT2D eigenvalue weighted by molar-refractivity contribution is 7.13. The number of aromatic nitrogens is 1. The molecular formula is C16H20FN5S. The average Bonchev–Trinajstić information content (AvgIpc) is 3.10. The van der Waals surface area contributed by atoms with Crippen molar-refractivity contribution in [1.82, 2.24) is 9.88 Å². The van der Waals surface area contributed by atoms with Gasteiger partial charge in [0.25, 0.3) is 0 Å². The number of rotatable bonds is 3. The molecule has 3 rings (SSSR count). The number of nitrogens with two attached hydrogens (primary N) is 1. The third kappa shape index (κ3) is 3.79. The van der Waals surface area contributed by atoms with Gasteiger partial charge in [-0.25, -0.2) is 14.4 Å². The van der Waals surface area contributed by atoms with Crippen molar-refractivity contribution in [2.45, 2.75) is 13.5 Å². The summed E-state index contributed by atoms with van der Waals surface area (Å²) < 4.78 is 13.5. The van der Waals surface area contributed by atoms with Gasteiger partial charge in [0.15, 0.2) is 11.1 Å². The summed E-state index contributed by atoms with van der Waals surface area (Å²) in [6, 6.07) is 5.17. The Kier molecular flexibility index (Phi) is 4.76. The number of piperazine rings is 1. The van der Waals surface area contributed by atoms with Crippen molar-refractivity contribution in [3.05, 3.63) is 46.7 Å². The lowest BCUT2D eigenvalue weighted by Crippen LogP contribution is -2.51. The van der Waals surface area contributed by atoms with Gasteiger partial charge in [0.2, 0.25) is 0 Å². The van der Waals surface area contributed by atoms with E-state index in [4.69, 9.17) is 5.73 Å². The summed E-state index contributed by atoms with van der Waals surface area (Å²) in [6.45, 7) is 5.54. The molecule has 0 amide bonds. The first-order valence-corrected chi connectivity index (χ1v) is 8.46. The predicted octanol–water partition coefficient (Wildman–Crippen LogP) is 2.23. The number of hydrogen-bond acceptors (Lipinski definition) is 4. The van der Waals surface area contributed by atoms with E-state index in [1.165, 1.54) is 6.07 Å². The van der Waals surface area contributed by atoms with Gasteiger partial charge >= 0.3 is 0 Å². The van der Waals surface area contributed by atoms with Gasteiger partial charge in [0.1, 0.15) is 5.82 Å². The normalized spacial score (nSPS) is 16.0. The van der Waals surface area contributed by atoms with Crippen molar-refractivity contribution in [3.8, 4) is 0 Å². The summed E-state index contributed by atoms with van der Waals surface area (Å²) in [4.78, 5) is 13.0. The first-order chi connectivity index (χ1) is 11.1. The minimum absolute atomic E-state index is 0.201. The summed E-state index contributed by atoms with van der Waals surface area (Å²) in [5.74, 6) is 0.318. The lowest BCUT2D eigenvalue weighted by molar-refractivity contribution is 0.380. The summed E-state index contributed by atoms with van der Waals surface area (Å²) in [6.07, 6.45) is 1.82. The molecule has 0 unspecified atom stereocenters. The lowest BCUT2D eigenvalue weighted by Gasteiger charge is -2.35. The zero-order chi connectivity index (χ0) is 16.2. The summed E-state index contributed by atoms with van der Waals surface area (Å²) in [5, 5.41) is 3.04. The Hall–Kier alpha value is -2.15. The Balaban J connectivity index is 1.56. The van der Waals surface area contributed by atoms with Crippen LogP contribution in [0.1, 0.15) is 11.1 Å². The molecule has 122 valence electrons. The molecule has 1 saturated heterocycles. The van der Waals surface area contributed by atoms with E-state index in [2.05, 4.69) is 19.8 Å². The van der Waals surface area contributed by atoms with Gasteiger partial charge < -0.3 is 15.5 Å². The SMILES string of the molecule is Cc1ccc(CN=C(N)N2CCN(c3nccs3)CC2)cc1F. The molecule has 0 aliphatic carbocycles. The number of hydrogen-bond donors (Lipinski definition) is 1.